The maximum absolute atomic E-state index is 13.3. The number of hydrogen-bond acceptors (Lipinski definition) is 2. The first-order valence-corrected chi connectivity index (χ1v) is 7.51. The number of benzene rings is 1. The van der Waals surface area contributed by atoms with Crippen molar-refractivity contribution in [3.63, 3.8) is 0 Å². The number of halogens is 2. The molecule has 1 N–H and O–H groups in total. The Bertz CT molecular complexity index is 416. The molecule has 2 nitrogen and oxygen atoms in total. The van der Waals surface area contributed by atoms with Gasteiger partial charge in [0.25, 0.3) is 0 Å². The van der Waals surface area contributed by atoms with Crippen molar-refractivity contribution in [1.82, 2.24) is 10.2 Å². The Hall–Kier alpha value is -1.00. The van der Waals surface area contributed by atoms with E-state index in [2.05, 4.69) is 24.1 Å². The Morgan fingerprint density at radius 3 is 2.60 bits per heavy atom. The SMILES string of the molecule is CCCC1CN(Cc2cc(F)cc(F)c2)C(C)CCN1. The van der Waals surface area contributed by atoms with Crippen molar-refractivity contribution in [2.24, 2.45) is 0 Å². The highest BCUT2D eigenvalue weighted by molar-refractivity contribution is 5.18. The molecule has 2 atom stereocenters. The second kappa shape index (κ2) is 7.14. The lowest BCUT2D eigenvalue weighted by molar-refractivity contribution is 0.193. The number of hydrogen-bond donors (Lipinski definition) is 1. The van der Waals surface area contributed by atoms with E-state index < -0.39 is 11.6 Å². The van der Waals surface area contributed by atoms with Crippen LogP contribution in [0.1, 0.15) is 38.7 Å². The molecule has 1 aliphatic rings. The minimum Gasteiger partial charge on any atom is -0.313 e. The molecule has 2 unspecified atom stereocenters. The lowest BCUT2D eigenvalue weighted by atomic mass is 10.1. The van der Waals surface area contributed by atoms with Crippen LogP contribution in [0.15, 0.2) is 18.2 Å². The topological polar surface area (TPSA) is 15.3 Å². The third kappa shape index (κ3) is 4.25. The van der Waals surface area contributed by atoms with Crippen LogP contribution in [0.25, 0.3) is 0 Å². The van der Waals surface area contributed by atoms with Gasteiger partial charge in [0.15, 0.2) is 0 Å². The summed E-state index contributed by atoms with van der Waals surface area (Å²) < 4.78 is 26.6. The fourth-order valence-electron chi connectivity index (χ4n) is 2.91. The van der Waals surface area contributed by atoms with Crippen LogP contribution < -0.4 is 5.32 Å². The molecule has 1 aromatic rings. The van der Waals surface area contributed by atoms with Crippen LogP contribution in [0.3, 0.4) is 0 Å². The highest BCUT2D eigenvalue weighted by Gasteiger charge is 2.22. The van der Waals surface area contributed by atoms with Gasteiger partial charge >= 0.3 is 0 Å². The monoisotopic (exact) mass is 282 g/mol. The third-order valence-corrected chi connectivity index (χ3v) is 4.02. The van der Waals surface area contributed by atoms with E-state index in [-0.39, 0.29) is 0 Å². The second-order valence-corrected chi connectivity index (χ2v) is 5.78. The molecule has 0 spiro atoms. The Kier molecular flexibility index (Phi) is 5.49. The van der Waals surface area contributed by atoms with Crippen LogP contribution in [0.4, 0.5) is 8.78 Å². The zero-order chi connectivity index (χ0) is 14.5. The fourth-order valence-corrected chi connectivity index (χ4v) is 2.91. The molecule has 0 bridgehead atoms. The average molecular weight is 282 g/mol. The molecule has 1 heterocycles. The van der Waals surface area contributed by atoms with Gasteiger partial charge in [-0.05, 0) is 44.0 Å². The number of rotatable bonds is 4. The normalized spacial score (nSPS) is 24.6. The van der Waals surface area contributed by atoms with Crippen molar-refractivity contribution in [3.05, 3.63) is 35.4 Å². The second-order valence-electron chi connectivity index (χ2n) is 5.78. The van der Waals surface area contributed by atoms with Gasteiger partial charge in [0, 0.05) is 31.2 Å². The van der Waals surface area contributed by atoms with Gasteiger partial charge in [-0.25, -0.2) is 8.78 Å². The highest BCUT2D eigenvalue weighted by atomic mass is 19.1. The van der Waals surface area contributed by atoms with Crippen LogP contribution in [0.2, 0.25) is 0 Å². The summed E-state index contributed by atoms with van der Waals surface area (Å²) >= 11 is 0. The minimum atomic E-state index is -0.495. The number of nitrogens with zero attached hydrogens (tertiary/aromatic N) is 1. The maximum atomic E-state index is 13.3. The Morgan fingerprint density at radius 2 is 1.95 bits per heavy atom. The van der Waals surface area contributed by atoms with Gasteiger partial charge in [0.2, 0.25) is 0 Å². The van der Waals surface area contributed by atoms with Gasteiger partial charge in [0.05, 0.1) is 0 Å². The summed E-state index contributed by atoms with van der Waals surface area (Å²) in [5.41, 5.74) is 0.714. The predicted molar refractivity (Wildman–Crippen MR) is 77.5 cm³/mol. The molecule has 1 fully saturated rings. The van der Waals surface area contributed by atoms with E-state index in [1.54, 1.807) is 0 Å². The molecule has 1 saturated heterocycles. The molecule has 2 rings (SSSR count). The van der Waals surface area contributed by atoms with Crippen molar-refractivity contribution in [1.29, 1.82) is 0 Å². The first-order chi connectivity index (χ1) is 9.58. The molecule has 1 aromatic carbocycles. The molecular weight excluding hydrogens is 258 g/mol. The van der Waals surface area contributed by atoms with Gasteiger partial charge in [0.1, 0.15) is 11.6 Å². The molecule has 4 heteroatoms. The van der Waals surface area contributed by atoms with Gasteiger partial charge < -0.3 is 5.32 Å². The molecule has 20 heavy (non-hydrogen) atoms. The molecule has 0 amide bonds. The molecule has 1 aliphatic heterocycles. The quantitative estimate of drug-likeness (QED) is 0.911. The Morgan fingerprint density at radius 1 is 1.25 bits per heavy atom. The van der Waals surface area contributed by atoms with E-state index in [1.165, 1.54) is 12.1 Å². The van der Waals surface area contributed by atoms with Crippen LogP contribution in [-0.4, -0.2) is 30.1 Å². The van der Waals surface area contributed by atoms with E-state index in [1.807, 2.05) is 0 Å². The van der Waals surface area contributed by atoms with E-state index in [0.717, 1.165) is 38.4 Å². The van der Waals surface area contributed by atoms with Crippen molar-refractivity contribution in [2.75, 3.05) is 13.1 Å². The first-order valence-electron chi connectivity index (χ1n) is 7.51. The van der Waals surface area contributed by atoms with E-state index in [4.69, 9.17) is 0 Å². The number of nitrogens with one attached hydrogen (secondary N) is 1. The summed E-state index contributed by atoms with van der Waals surface area (Å²) in [6, 6.07) is 4.70. The average Bonchev–Trinajstić information content (AvgIpc) is 2.52. The van der Waals surface area contributed by atoms with Crippen molar-refractivity contribution >= 4 is 0 Å². The Balaban J connectivity index is 2.07. The van der Waals surface area contributed by atoms with Crippen molar-refractivity contribution in [3.8, 4) is 0 Å². The third-order valence-electron chi connectivity index (χ3n) is 4.02. The summed E-state index contributed by atoms with van der Waals surface area (Å²) in [6.45, 7) is 6.93. The first kappa shape index (κ1) is 15.4. The van der Waals surface area contributed by atoms with Crippen LogP contribution in [0, 0.1) is 11.6 Å². The lowest BCUT2D eigenvalue weighted by Crippen LogP contribution is -2.39. The fraction of sp³-hybridized carbons (Fsp3) is 0.625. The van der Waals surface area contributed by atoms with Crippen LogP contribution in [0.5, 0.6) is 0 Å². The predicted octanol–water partition coefficient (Wildman–Crippen LogP) is 3.32. The highest BCUT2D eigenvalue weighted by Crippen LogP contribution is 2.17. The summed E-state index contributed by atoms with van der Waals surface area (Å²) in [5, 5.41) is 3.56. The lowest BCUT2D eigenvalue weighted by Gasteiger charge is -2.29. The molecule has 0 saturated carbocycles. The smallest absolute Gasteiger partial charge is 0.126 e. The van der Waals surface area contributed by atoms with Gasteiger partial charge in [-0.2, -0.15) is 0 Å². The van der Waals surface area contributed by atoms with Gasteiger partial charge in [-0.1, -0.05) is 13.3 Å². The molecule has 0 aromatic heterocycles. The van der Waals surface area contributed by atoms with Crippen molar-refractivity contribution < 1.29 is 8.78 Å². The van der Waals surface area contributed by atoms with Crippen molar-refractivity contribution in [2.45, 2.75) is 51.7 Å². The van der Waals surface area contributed by atoms with E-state index in [9.17, 15) is 8.78 Å². The summed E-state index contributed by atoms with van der Waals surface area (Å²) in [4.78, 5) is 2.33. The molecule has 0 radical (unpaired) electrons. The molecular formula is C16H24F2N2. The van der Waals surface area contributed by atoms with Crippen LogP contribution in [-0.2, 0) is 6.54 Å². The van der Waals surface area contributed by atoms with Gasteiger partial charge in [-0.15, -0.1) is 0 Å². The van der Waals surface area contributed by atoms with E-state index in [0.29, 0.717) is 24.2 Å². The largest absolute Gasteiger partial charge is 0.313 e. The molecule has 0 aliphatic carbocycles. The van der Waals surface area contributed by atoms with E-state index >= 15 is 0 Å². The summed E-state index contributed by atoms with van der Waals surface area (Å²) in [5.74, 6) is -0.989. The standard InChI is InChI=1S/C16H24F2N2/c1-3-4-16-11-20(12(2)5-6-19-16)10-13-7-14(17)9-15(18)8-13/h7-9,12,16,19H,3-6,10-11H2,1-2H3. The maximum Gasteiger partial charge on any atom is 0.126 e. The summed E-state index contributed by atoms with van der Waals surface area (Å²) in [6.07, 6.45) is 3.35. The Labute approximate surface area is 120 Å². The zero-order valence-electron chi connectivity index (χ0n) is 12.3. The minimum absolute atomic E-state index is 0.427. The van der Waals surface area contributed by atoms with Crippen LogP contribution >= 0.6 is 0 Å². The zero-order valence-corrected chi connectivity index (χ0v) is 12.3. The molecule has 112 valence electrons. The van der Waals surface area contributed by atoms with Gasteiger partial charge in [-0.3, -0.25) is 4.90 Å². The summed E-state index contributed by atoms with van der Waals surface area (Å²) in [7, 11) is 0.